The lowest BCUT2D eigenvalue weighted by Crippen LogP contribution is -2.31. The molecule has 1 unspecified atom stereocenters. The van der Waals surface area contributed by atoms with Gasteiger partial charge in [-0.25, -0.2) is 12.8 Å². The molecule has 7 heteroatoms. The molecule has 0 N–H and O–H groups in total. The molecule has 4 nitrogen and oxygen atoms in total. The van der Waals surface area contributed by atoms with Gasteiger partial charge in [0, 0.05) is 17.6 Å². The molecule has 1 atom stereocenters. The Labute approximate surface area is 139 Å². The van der Waals surface area contributed by atoms with Crippen LogP contribution in [0.4, 0.5) is 4.39 Å². The highest BCUT2D eigenvalue weighted by molar-refractivity contribution is 7.89. The molecule has 0 amide bonds. The third-order valence-electron chi connectivity index (χ3n) is 3.66. The monoisotopic (exact) mass is 355 g/mol. The van der Waals surface area contributed by atoms with Crippen molar-refractivity contribution in [2.45, 2.75) is 17.4 Å². The zero-order chi connectivity index (χ0) is 16.4. The molecule has 122 valence electrons. The van der Waals surface area contributed by atoms with Crippen molar-refractivity contribution in [2.24, 2.45) is 0 Å². The average molecular weight is 356 g/mol. The first-order valence-electron chi connectivity index (χ1n) is 7.13. The van der Waals surface area contributed by atoms with E-state index in [9.17, 15) is 12.8 Å². The lowest BCUT2D eigenvalue weighted by Gasteiger charge is -2.17. The van der Waals surface area contributed by atoms with Crippen LogP contribution in [-0.2, 0) is 10.0 Å². The van der Waals surface area contributed by atoms with E-state index in [2.05, 4.69) is 0 Å². The minimum atomic E-state index is -3.57. The van der Waals surface area contributed by atoms with Crippen molar-refractivity contribution in [1.82, 2.24) is 4.31 Å². The van der Waals surface area contributed by atoms with Crippen LogP contribution in [0.15, 0.2) is 53.4 Å². The molecule has 2 aromatic rings. The Hall–Kier alpha value is -1.63. The van der Waals surface area contributed by atoms with Crippen LogP contribution in [-0.4, -0.2) is 31.9 Å². The van der Waals surface area contributed by atoms with Crippen LogP contribution in [0.1, 0.15) is 6.42 Å². The summed E-state index contributed by atoms with van der Waals surface area (Å²) >= 11 is 5.79. The SMILES string of the molecule is O=S(=O)(c1ccc(Cl)cc1)N1CCC(Oc2cccc(F)c2)C1. The van der Waals surface area contributed by atoms with Gasteiger partial charge >= 0.3 is 0 Å². The summed E-state index contributed by atoms with van der Waals surface area (Å²) in [7, 11) is -3.57. The standard InChI is InChI=1S/C16H15ClFNO3S/c17-12-4-6-16(7-5-12)23(20,21)19-9-8-15(11-19)22-14-3-1-2-13(18)10-14/h1-7,10,15H,8-9,11H2. The molecule has 3 rings (SSSR count). The van der Waals surface area contributed by atoms with Gasteiger partial charge in [0.2, 0.25) is 10.0 Å². The van der Waals surface area contributed by atoms with Gasteiger partial charge in [-0.3, -0.25) is 0 Å². The van der Waals surface area contributed by atoms with Crippen molar-refractivity contribution in [3.05, 3.63) is 59.4 Å². The van der Waals surface area contributed by atoms with Gasteiger partial charge in [-0.05, 0) is 42.8 Å². The number of hydrogen-bond donors (Lipinski definition) is 0. The first-order valence-corrected chi connectivity index (χ1v) is 8.95. The molecule has 1 fully saturated rings. The lowest BCUT2D eigenvalue weighted by atomic mass is 10.3. The van der Waals surface area contributed by atoms with E-state index in [0.29, 0.717) is 23.7 Å². The molecular formula is C16H15ClFNO3S. The minimum absolute atomic E-state index is 0.202. The number of hydrogen-bond acceptors (Lipinski definition) is 3. The van der Waals surface area contributed by atoms with Crippen molar-refractivity contribution >= 4 is 21.6 Å². The quantitative estimate of drug-likeness (QED) is 0.845. The van der Waals surface area contributed by atoms with Crippen LogP contribution in [0.2, 0.25) is 5.02 Å². The van der Waals surface area contributed by atoms with Crippen LogP contribution >= 0.6 is 11.6 Å². The molecule has 0 aliphatic carbocycles. The number of benzene rings is 2. The molecule has 0 spiro atoms. The second-order valence-corrected chi connectivity index (χ2v) is 7.68. The second-order valence-electron chi connectivity index (χ2n) is 5.30. The largest absolute Gasteiger partial charge is 0.489 e. The van der Waals surface area contributed by atoms with Gasteiger partial charge in [0.25, 0.3) is 0 Å². The molecule has 0 saturated carbocycles. The van der Waals surface area contributed by atoms with E-state index < -0.39 is 10.0 Å². The van der Waals surface area contributed by atoms with E-state index in [1.165, 1.54) is 28.6 Å². The molecule has 0 bridgehead atoms. The van der Waals surface area contributed by atoms with Gasteiger partial charge in [-0.15, -0.1) is 0 Å². The molecule has 0 radical (unpaired) electrons. The zero-order valence-electron chi connectivity index (χ0n) is 12.2. The van der Waals surface area contributed by atoms with E-state index in [1.807, 2.05) is 0 Å². The third-order valence-corrected chi connectivity index (χ3v) is 5.79. The Morgan fingerprint density at radius 3 is 2.61 bits per heavy atom. The molecule has 1 saturated heterocycles. The fourth-order valence-electron chi connectivity index (χ4n) is 2.50. The Morgan fingerprint density at radius 1 is 1.17 bits per heavy atom. The summed E-state index contributed by atoms with van der Waals surface area (Å²) in [6, 6.07) is 11.9. The predicted molar refractivity (Wildman–Crippen MR) is 85.6 cm³/mol. The van der Waals surface area contributed by atoms with E-state index in [1.54, 1.807) is 24.3 Å². The van der Waals surface area contributed by atoms with Crippen molar-refractivity contribution in [3.8, 4) is 5.75 Å². The van der Waals surface area contributed by atoms with Crippen LogP contribution < -0.4 is 4.74 Å². The van der Waals surface area contributed by atoms with Gasteiger partial charge in [0.1, 0.15) is 17.7 Å². The van der Waals surface area contributed by atoms with Crippen LogP contribution in [0.5, 0.6) is 5.75 Å². The Balaban J connectivity index is 1.70. The van der Waals surface area contributed by atoms with Gasteiger partial charge in [-0.1, -0.05) is 17.7 Å². The molecule has 1 heterocycles. The number of sulfonamides is 1. The van der Waals surface area contributed by atoms with Crippen molar-refractivity contribution in [3.63, 3.8) is 0 Å². The summed E-state index contributed by atoms with van der Waals surface area (Å²) in [6.45, 7) is 0.604. The number of rotatable bonds is 4. The van der Waals surface area contributed by atoms with Gasteiger partial charge in [-0.2, -0.15) is 4.31 Å². The maximum Gasteiger partial charge on any atom is 0.243 e. The topological polar surface area (TPSA) is 46.6 Å². The molecule has 0 aromatic heterocycles. The van der Waals surface area contributed by atoms with Gasteiger partial charge in [0.15, 0.2) is 0 Å². The Morgan fingerprint density at radius 2 is 1.91 bits per heavy atom. The maximum absolute atomic E-state index is 13.2. The number of halogens is 2. The van der Waals surface area contributed by atoms with Crippen molar-refractivity contribution in [1.29, 1.82) is 0 Å². The van der Waals surface area contributed by atoms with Crippen LogP contribution in [0.3, 0.4) is 0 Å². The average Bonchev–Trinajstić information content (AvgIpc) is 2.97. The summed E-state index contributed by atoms with van der Waals surface area (Å²) < 4.78 is 45.3. The van der Waals surface area contributed by atoms with Gasteiger partial charge in [0.05, 0.1) is 11.4 Å². The fourth-order valence-corrected chi connectivity index (χ4v) is 4.11. The molecule has 2 aromatic carbocycles. The normalized spacial score (nSPS) is 19.0. The fraction of sp³-hybridized carbons (Fsp3) is 0.250. The predicted octanol–water partition coefficient (Wildman–Crippen LogP) is 3.32. The second kappa shape index (κ2) is 6.47. The highest BCUT2D eigenvalue weighted by Crippen LogP contribution is 2.25. The summed E-state index contributed by atoms with van der Waals surface area (Å²) in [5, 5.41) is 0.484. The highest BCUT2D eigenvalue weighted by Gasteiger charge is 2.33. The maximum atomic E-state index is 13.2. The van der Waals surface area contributed by atoms with Crippen LogP contribution in [0, 0.1) is 5.82 Å². The minimum Gasteiger partial charge on any atom is -0.489 e. The summed E-state index contributed by atoms with van der Waals surface area (Å²) in [6.07, 6.45) is 0.266. The lowest BCUT2D eigenvalue weighted by molar-refractivity contribution is 0.214. The zero-order valence-corrected chi connectivity index (χ0v) is 13.7. The summed E-state index contributed by atoms with van der Waals surface area (Å²) in [5.41, 5.74) is 0. The smallest absolute Gasteiger partial charge is 0.243 e. The first-order chi connectivity index (χ1) is 10.9. The van der Waals surface area contributed by atoms with Crippen molar-refractivity contribution < 1.29 is 17.5 Å². The van der Waals surface area contributed by atoms with E-state index in [0.717, 1.165) is 0 Å². The Kier molecular flexibility index (Phi) is 4.57. The van der Waals surface area contributed by atoms with Crippen molar-refractivity contribution in [2.75, 3.05) is 13.1 Å². The molecule has 1 aliphatic rings. The summed E-state index contributed by atoms with van der Waals surface area (Å²) in [4.78, 5) is 0.202. The molecule has 1 aliphatic heterocycles. The van der Waals surface area contributed by atoms with E-state index >= 15 is 0 Å². The first kappa shape index (κ1) is 16.2. The highest BCUT2D eigenvalue weighted by atomic mass is 35.5. The molecular weight excluding hydrogens is 341 g/mol. The Bertz CT molecular complexity index is 795. The van der Waals surface area contributed by atoms with Crippen LogP contribution in [0.25, 0.3) is 0 Å². The third kappa shape index (κ3) is 3.65. The van der Waals surface area contributed by atoms with E-state index in [4.69, 9.17) is 16.3 Å². The summed E-state index contributed by atoms with van der Waals surface area (Å²) in [5.74, 6) is 0.0203. The van der Waals surface area contributed by atoms with E-state index in [-0.39, 0.29) is 23.4 Å². The number of ether oxygens (including phenoxy) is 1. The number of nitrogens with zero attached hydrogens (tertiary/aromatic N) is 1. The van der Waals surface area contributed by atoms with Gasteiger partial charge < -0.3 is 4.74 Å². The molecule has 23 heavy (non-hydrogen) atoms.